The Balaban J connectivity index is 2.43. The van der Waals surface area contributed by atoms with Crippen molar-refractivity contribution in [2.24, 2.45) is 11.8 Å². The van der Waals surface area contributed by atoms with Crippen molar-refractivity contribution < 1.29 is 57.4 Å². The van der Waals surface area contributed by atoms with Crippen molar-refractivity contribution in [2.45, 2.75) is 212 Å². The molecule has 1 rings (SSSR count). The van der Waals surface area contributed by atoms with E-state index in [1.165, 1.54) is 96.3 Å². The molecule has 368 valence electrons. The van der Waals surface area contributed by atoms with E-state index in [0.29, 0.717) is 30.3 Å². The van der Waals surface area contributed by atoms with Gasteiger partial charge in [-0.1, -0.05) is 159 Å². The molecule has 0 heterocycles. The van der Waals surface area contributed by atoms with Gasteiger partial charge in [0.25, 0.3) is 7.82 Å². The molecule has 0 radical (unpaired) electrons. The molecule has 12 nitrogen and oxygen atoms in total. The van der Waals surface area contributed by atoms with E-state index >= 15 is 0 Å². The molecular formula is C50H92NO11P. The minimum atomic E-state index is -4.72. The topological polar surface area (TPSA) is 172 Å². The van der Waals surface area contributed by atoms with Gasteiger partial charge in [0, 0.05) is 18.8 Å². The van der Waals surface area contributed by atoms with E-state index in [9.17, 15) is 34.4 Å². The minimum absolute atomic E-state index is 0.0882. The van der Waals surface area contributed by atoms with Crippen LogP contribution in [0.1, 0.15) is 187 Å². The Hall–Kier alpha value is -1.89. The third-order valence-electron chi connectivity index (χ3n) is 11.7. The number of quaternary nitrogens is 1. The number of carbonyl (C=O) groups excluding carboxylic acids is 2. The Labute approximate surface area is 383 Å². The summed E-state index contributed by atoms with van der Waals surface area (Å²) in [5, 5.41) is 31.5. The van der Waals surface area contributed by atoms with E-state index in [-0.39, 0.29) is 44.3 Å². The number of nitrogens with zero attached hydrogens (tertiary/aromatic N) is 1. The Morgan fingerprint density at radius 2 is 1.27 bits per heavy atom. The normalized spacial score (nSPS) is 20.2. The van der Waals surface area contributed by atoms with Crippen molar-refractivity contribution >= 4 is 19.8 Å². The average Bonchev–Trinajstić information content (AvgIpc) is 3.50. The third kappa shape index (κ3) is 34.1. The van der Waals surface area contributed by atoms with Crippen LogP contribution in [0.15, 0.2) is 36.5 Å². The zero-order valence-electron chi connectivity index (χ0n) is 40.4. The SMILES string of the molecule is CCCCCCCC/C=C\CCCCCCCCCCCCCC(=O)OC[C@H](COP(=O)([O-])OCC[N+](C)(C)C)OC(=O)C/C=C\C[C@H]1[C@@H](/C=C/[C@H](O)CCCCC)[C@H](O)C[C@@H]1O. The van der Waals surface area contributed by atoms with E-state index in [2.05, 4.69) is 26.0 Å². The molecule has 0 aliphatic heterocycles. The highest BCUT2D eigenvalue weighted by Crippen LogP contribution is 2.39. The Kier molecular flexibility index (Phi) is 34.9. The number of likely N-dealkylation sites (N-methyl/N-ethyl adjacent to an activating group) is 1. The molecule has 0 bridgehead atoms. The van der Waals surface area contributed by atoms with Crippen LogP contribution in [0.2, 0.25) is 0 Å². The summed E-state index contributed by atoms with van der Waals surface area (Å²) in [6.45, 7) is 3.75. The zero-order chi connectivity index (χ0) is 46.6. The van der Waals surface area contributed by atoms with Gasteiger partial charge in [0.2, 0.25) is 0 Å². The van der Waals surface area contributed by atoms with Gasteiger partial charge in [-0.2, -0.15) is 0 Å². The van der Waals surface area contributed by atoms with Crippen molar-refractivity contribution in [3.8, 4) is 0 Å². The lowest BCUT2D eigenvalue weighted by atomic mass is 9.89. The average molecular weight is 914 g/mol. The van der Waals surface area contributed by atoms with Gasteiger partial charge in [-0.15, -0.1) is 0 Å². The lowest BCUT2D eigenvalue weighted by Gasteiger charge is -2.28. The summed E-state index contributed by atoms with van der Waals surface area (Å²) in [7, 11) is 0.972. The highest BCUT2D eigenvalue weighted by molar-refractivity contribution is 7.45. The summed E-state index contributed by atoms with van der Waals surface area (Å²) in [5.74, 6) is -1.77. The van der Waals surface area contributed by atoms with Gasteiger partial charge in [0.05, 0.1) is 52.5 Å². The number of hydrogen-bond donors (Lipinski definition) is 3. The first-order valence-corrected chi connectivity index (χ1v) is 26.4. The quantitative estimate of drug-likeness (QED) is 0.0175. The summed E-state index contributed by atoms with van der Waals surface area (Å²) in [5.41, 5.74) is 0. The summed E-state index contributed by atoms with van der Waals surface area (Å²) >= 11 is 0. The second-order valence-corrected chi connectivity index (χ2v) is 20.2. The van der Waals surface area contributed by atoms with Crippen molar-refractivity contribution in [1.29, 1.82) is 0 Å². The van der Waals surface area contributed by atoms with Crippen LogP contribution in [-0.2, 0) is 32.7 Å². The number of carbonyl (C=O) groups is 2. The maximum absolute atomic E-state index is 12.9. The van der Waals surface area contributed by atoms with Gasteiger partial charge < -0.3 is 43.2 Å². The molecule has 7 atom stereocenters. The lowest BCUT2D eigenvalue weighted by molar-refractivity contribution is -0.870. The summed E-state index contributed by atoms with van der Waals surface area (Å²) in [6, 6.07) is 0. The maximum Gasteiger partial charge on any atom is 0.310 e. The monoisotopic (exact) mass is 914 g/mol. The molecule has 1 saturated carbocycles. The summed E-state index contributed by atoms with van der Waals surface area (Å²) < 4.78 is 33.9. The van der Waals surface area contributed by atoms with Crippen molar-refractivity contribution in [1.82, 2.24) is 0 Å². The predicted molar refractivity (Wildman–Crippen MR) is 252 cm³/mol. The first-order valence-electron chi connectivity index (χ1n) is 25.0. The standard InChI is InChI=1S/C50H92NO11P/c1-6-8-10-11-12-13-14-15-16-17-18-19-20-21-22-23-24-25-26-27-29-34-49(55)59-41-44(42-61-63(57,58)60-39-38-51(3,4)5)62-50(56)35-31-30-33-45-46(48(54)40-47(45)53)37-36-43(52)32-28-9-7-2/h15-16,30-31,36-37,43-48,52-54H,6-14,17-29,32-35,38-42H2,1-5H3/b16-15-,31-30-,37-36+/t43-,44-,45+,46-,47+,48-/m1/s1. The zero-order valence-corrected chi connectivity index (χ0v) is 41.2. The molecule has 1 unspecified atom stereocenters. The van der Waals surface area contributed by atoms with Crippen LogP contribution < -0.4 is 4.89 Å². The van der Waals surface area contributed by atoms with Gasteiger partial charge in [-0.05, 0) is 50.9 Å². The number of allylic oxidation sites excluding steroid dienone is 3. The minimum Gasteiger partial charge on any atom is -0.756 e. The fourth-order valence-electron chi connectivity index (χ4n) is 7.74. The van der Waals surface area contributed by atoms with Crippen LogP contribution in [0, 0.1) is 11.8 Å². The lowest BCUT2D eigenvalue weighted by Crippen LogP contribution is -2.37. The van der Waals surface area contributed by atoms with Crippen LogP contribution in [0.4, 0.5) is 0 Å². The molecule has 1 aliphatic carbocycles. The van der Waals surface area contributed by atoms with E-state index in [1.807, 2.05) is 21.1 Å². The van der Waals surface area contributed by atoms with E-state index in [0.717, 1.165) is 38.5 Å². The molecule has 0 amide bonds. The van der Waals surface area contributed by atoms with Crippen LogP contribution in [-0.4, -0.2) is 104 Å². The van der Waals surface area contributed by atoms with Crippen LogP contribution in [0.3, 0.4) is 0 Å². The largest absolute Gasteiger partial charge is 0.756 e. The molecule has 1 fully saturated rings. The smallest absolute Gasteiger partial charge is 0.310 e. The number of aliphatic hydroxyl groups excluding tert-OH is 3. The molecule has 0 saturated heterocycles. The number of phosphoric ester groups is 1. The number of phosphoric acid groups is 1. The van der Waals surface area contributed by atoms with Gasteiger partial charge >= 0.3 is 11.9 Å². The Morgan fingerprint density at radius 3 is 1.86 bits per heavy atom. The fourth-order valence-corrected chi connectivity index (χ4v) is 8.47. The second kappa shape index (κ2) is 37.2. The Morgan fingerprint density at radius 1 is 0.714 bits per heavy atom. The molecule has 0 spiro atoms. The fraction of sp³-hybridized carbons (Fsp3) is 0.840. The number of rotatable bonds is 41. The van der Waals surface area contributed by atoms with E-state index in [4.69, 9.17) is 18.5 Å². The van der Waals surface area contributed by atoms with Crippen molar-refractivity contribution in [2.75, 3.05) is 47.5 Å². The molecule has 1 aliphatic rings. The van der Waals surface area contributed by atoms with E-state index < -0.39 is 50.8 Å². The molecule has 0 aromatic heterocycles. The Bertz CT molecular complexity index is 1290. The van der Waals surface area contributed by atoms with Gasteiger partial charge in [-0.3, -0.25) is 14.2 Å². The maximum atomic E-state index is 12.9. The third-order valence-corrected chi connectivity index (χ3v) is 12.7. The molecular weight excluding hydrogens is 822 g/mol. The molecule has 13 heteroatoms. The number of esters is 2. The highest BCUT2D eigenvalue weighted by Gasteiger charge is 2.39. The van der Waals surface area contributed by atoms with Gasteiger partial charge in [-0.25, -0.2) is 0 Å². The highest BCUT2D eigenvalue weighted by atomic mass is 31.2. The number of ether oxygens (including phenoxy) is 2. The first kappa shape index (κ1) is 59.1. The van der Waals surface area contributed by atoms with Crippen molar-refractivity contribution in [3.05, 3.63) is 36.5 Å². The van der Waals surface area contributed by atoms with Gasteiger partial charge in [0.15, 0.2) is 6.10 Å². The number of aliphatic hydroxyl groups is 3. The van der Waals surface area contributed by atoms with E-state index in [1.54, 1.807) is 24.3 Å². The number of unbranched alkanes of at least 4 members (excludes halogenated alkanes) is 19. The summed E-state index contributed by atoms with van der Waals surface area (Å²) in [4.78, 5) is 37.9. The van der Waals surface area contributed by atoms with Crippen LogP contribution >= 0.6 is 7.82 Å². The van der Waals surface area contributed by atoms with Crippen molar-refractivity contribution in [3.63, 3.8) is 0 Å². The molecule has 3 N–H and O–H groups in total. The molecule has 0 aromatic rings. The van der Waals surface area contributed by atoms with Crippen LogP contribution in [0.25, 0.3) is 0 Å². The molecule has 0 aromatic carbocycles. The number of hydrogen-bond acceptors (Lipinski definition) is 11. The van der Waals surface area contributed by atoms with Gasteiger partial charge in [0.1, 0.15) is 19.8 Å². The predicted octanol–water partition coefficient (Wildman–Crippen LogP) is 10.2. The second-order valence-electron chi connectivity index (χ2n) is 18.8. The summed E-state index contributed by atoms with van der Waals surface area (Å²) in [6.07, 6.45) is 35.9. The first-order chi connectivity index (χ1) is 30.2. The molecule has 63 heavy (non-hydrogen) atoms. The van der Waals surface area contributed by atoms with Crippen LogP contribution in [0.5, 0.6) is 0 Å².